The molecule has 0 aromatic heterocycles. The highest BCUT2D eigenvalue weighted by Crippen LogP contribution is 2.24. The summed E-state index contributed by atoms with van der Waals surface area (Å²) in [6.45, 7) is 7.72. The predicted molar refractivity (Wildman–Crippen MR) is 132 cm³/mol. The summed E-state index contributed by atoms with van der Waals surface area (Å²) in [6.07, 6.45) is 0. The fourth-order valence-electron chi connectivity index (χ4n) is 2.81. The van der Waals surface area contributed by atoms with Gasteiger partial charge in [0, 0.05) is 22.9 Å². The first-order valence-electron chi connectivity index (χ1n) is 9.84. The average Bonchev–Trinajstić information content (AvgIpc) is 2.68. The number of nitrogens with one attached hydrogen (secondary N) is 1. The van der Waals surface area contributed by atoms with Gasteiger partial charge in [0.15, 0.2) is 0 Å². The molecular formula is C23H27Cl3N2O2S. The highest BCUT2D eigenvalue weighted by Gasteiger charge is 2.28. The van der Waals surface area contributed by atoms with E-state index in [-0.39, 0.29) is 24.1 Å². The monoisotopic (exact) mass is 500 g/mol. The molecule has 2 rings (SSSR count). The first-order chi connectivity index (χ1) is 14.5. The Morgan fingerprint density at radius 3 is 2.19 bits per heavy atom. The Morgan fingerprint density at radius 2 is 1.61 bits per heavy atom. The van der Waals surface area contributed by atoms with Gasteiger partial charge in [-0.2, -0.15) is 0 Å². The molecule has 0 aliphatic carbocycles. The van der Waals surface area contributed by atoms with Gasteiger partial charge in [-0.3, -0.25) is 9.59 Å². The molecule has 0 aliphatic rings. The number of thioether (sulfide) groups is 1. The van der Waals surface area contributed by atoms with Crippen molar-refractivity contribution in [2.75, 3.05) is 5.75 Å². The van der Waals surface area contributed by atoms with E-state index in [1.54, 1.807) is 24.0 Å². The number of amides is 2. The zero-order valence-corrected chi connectivity index (χ0v) is 21.1. The van der Waals surface area contributed by atoms with E-state index in [1.807, 2.05) is 51.1 Å². The van der Waals surface area contributed by atoms with Crippen molar-refractivity contribution < 1.29 is 9.59 Å². The van der Waals surface area contributed by atoms with Gasteiger partial charge in [0.25, 0.3) is 0 Å². The predicted octanol–water partition coefficient (Wildman–Crippen LogP) is 6.21. The molecule has 168 valence electrons. The Kier molecular flexibility index (Phi) is 9.56. The van der Waals surface area contributed by atoms with Crippen LogP contribution in [0, 0.1) is 0 Å². The van der Waals surface area contributed by atoms with Crippen LogP contribution >= 0.6 is 46.6 Å². The van der Waals surface area contributed by atoms with Crippen molar-refractivity contribution in [1.29, 1.82) is 0 Å². The molecule has 0 saturated heterocycles. The summed E-state index contributed by atoms with van der Waals surface area (Å²) >= 11 is 19.6. The van der Waals surface area contributed by atoms with Crippen molar-refractivity contribution in [3.63, 3.8) is 0 Å². The minimum absolute atomic E-state index is 0.124. The van der Waals surface area contributed by atoms with Crippen LogP contribution in [0.25, 0.3) is 0 Å². The molecule has 8 heteroatoms. The van der Waals surface area contributed by atoms with Gasteiger partial charge < -0.3 is 10.2 Å². The van der Waals surface area contributed by atoms with E-state index in [0.29, 0.717) is 20.8 Å². The molecule has 1 N–H and O–H groups in total. The van der Waals surface area contributed by atoms with Gasteiger partial charge in [-0.1, -0.05) is 53.0 Å². The topological polar surface area (TPSA) is 49.4 Å². The van der Waals surface area contributed by atoms with Crippen LogP contribution in [0.1, 0.15) is 38.8 Å². The lowest BCUT2D eigenvalue weighted by Gasteiger charge is -2.31. The molecule has 31 heavy (non-hydrogen) atoms. The Balaban J connectivity index is 2.12. The number of nitrogens with zero attached hydrogens (tertiary/aromatic N) is 1. The first-order valence-corrected chi connectivity index (χ1v) is 12.1. The molecule has 0 heterocycles. The molecule has 0 radical (unpaired) electrons. The number of carbonyl (C=O) groups excluding carboxylic acids is 2. The Morgan fingerprint density at radius 1 is 1.00 bits per heavy atom. The molecule has 0 unspecified atom stereocenters. The van der Waals surface area contributed by atoms with Crippen LogP contribution in [0.2, 0.25) is 15.1 Å². The van der Waals surface area contributed by atoms with Gasteiger partial charge in [0.1, 0.15) is 6.04 Å². The van der Waals surface area contributed by atoms with Crippen molar-refractivity contribution >= 4 is 58.4 Å². The Bertz CT molecular complexity index is 914. The molecule has 1 atom stereocenters. The summed E-state index contributed by atoms with van der Waals surface area (Å²) in [5, 5.41) is 4.48. The fraction of sp³-hybridized carbons (Fsp3) is 0.391. The highest BCUT2D eigenvalue weighted by atomic mass is 35.5. The molecule has 0 spiro atoms. The van der Waals surface area contributed by atoms with Gasteiger partial charge in [-0.05, 0) is 63.1 Å². The lowest BCUT2D eigenvalue weighted by Crippen LogP contribution is -2.52. The number of rotatable bonds is 8. The van der Waals surface area contributed by atoms with E-state index in [9.17, 15) is 9.59 Å². The summed E-state index contributed by atoms with van der Waals surface area (Å²) in [5.41, 5.74) is 1.49. The summed E-state index contributed by atoms with van der Waals surface area (Å²) in [5.74, 6) is 0.591. The number of carbonyl (C=O) groups is 2. The maximum Gasteiger partial charge on any atom is 0.242 e. The second-order valence-electron chi connectivity index (χ2n) is 8.30. The molecule has 2 aromatic carbocycles. The Hall–Kier alpha value is -1.40. The standard InChI is InChI=1S/C23H27Cl3N2O2S/c1-15(22(30)27-23(2,3)4)28(12-17-7-10-19(25)20(26)11-17)21(29)14-31-13-16-5-8-18(24)9-6-16/h5-11,15H,12-14H2,1-4H3,(H,27,30)/t15-/m0/s1. The molecular weight excluding hydrogens is 475 g/mol. The molecule has 2 aromatic rings. The molecule has 0 bridgehead atoms. The summed E-state index contributed by atoms with van der Waals surface area (Å²) < 4.78 is 0. The SMILES string of the molecule is C[C@@H](C(=O)NC(C)(C)C)N(Cc1ccc(Cl)c(Cl)c1)C(=O)CSCc1ccc(Cl)cc1. The number of halogens is 3. The Labute approximate surface area is 203 Å². The lowest BCUT2D eigenvalue weighted by molar-refractivity contribution is -0.139. The lowest BCUT2D eigenvalue weighted by atomic mass is 10.1. The van der Waals surface area contributed by atoms with Gasteiger partial charge in [0.05, 0.1) is 15.8 Å². The zero-order chi connectivity index (χ0) is 23.2. The van der Waals surface area contributed by atoms with Gasteiger partial charge in [0.2, 0.25) is 11.8 Å². The summed E-state index contributed by atoms with van der Waals surface area (Å²) in [6, 6.07) is 12.1. The van der Waals surface area contributed by atoms with Crippen LogP contribution in [0.4, 0.5) is 0 Å². The van der Waals surface area contributed by atoms with Crippen molar-refractivity contribution in [3.05, 3.63) is 68.7 Å². The highest BCUT2D eigenvalue weighted by molar-refractivity contribution is 7.99. The summed E-state index contributed by atoms with van der Waals surface area (Å²) in [7, 11) is 0. The minimum Gasteiger partial charge on any atom is -0.350 e. The normalized spacial score (nSPS) is 12.4. The van der Waals surface area contributed by atoms with E-state index < -0.39 is 11.6 Å². The average molecular weight is 502 g/mol. The van der Waals surface area contributed by atoms with Crippen LogP contribution < -0.4 is 5.32 Å². The molecule has 0 fully saturated rings. The van der Waals surface area contributed by atoms with E-state index in [4.69, 9.17) is 34.8 Å². The van der Waals surface area contributed by atoms with Crippen LogP contribution in [-0.4, -0.2) is 34.0 Å². The largest absolute Gasteiger partial charge is 0.350 e. The third-order valence-electron chi connectivity index (χ3n) is 4.41. The van der Waals surface area contributed by atoms with Crippen molar-refractivity contribution in [3.8, 4) is 0 Å². The van der Waals surface area contributed by atoms with Crippen LogP contribution in [0.5, 0.6) is 0 Å². The van der Waals surface area contributed by atoms with E-state index in [2.05, 4.69) is 5.32 Å². The van der Waals surface area contributed by atoms with Crippen molar-refractivity contribution in [2.45, 2.75) is 51.6 Å². The number of hydrogen-bond donors (Lipinski definition) is 1. The van der Waals surface area contributed by atoms with Crippen molar-refractivity contribution in [1.82, 2.24) is 10.2 Å². The first kappa shape index (κ1) is 25.9. The van der Waals surface area contributed by atoms with Crippen LogP contribution in [-0.2, 0) is 21.9 Å². The summed E-state index contributed by atoms with van der Waals surface area (Å²) in [4.78, 5) is 27.5. The van der Waals surface area contributed by atoms with Crippen LogP contribution in [0.3, 0.4) is 0 Å². The number of benzene rings is 2. The number of hydrogen-bond acceptors (Lipinski definition) is 3. The zero-order valence-electron chi connectivity index (χ0n) is 18.0. The van der Waals surface area contributed by atoms with Crippen molar-refractivity contribution in [2.24, 2.45) is 0 Å². The van der Waals surface area contributed by atoms with E-state index in [0.717, 1.165) is 11.1 Å². The molecule has 0 aliphatic heterocycles. The third-order valence-corrected chi connectivity index (χ3v) is 6.39. The maximum atomic E-state index is 13.1. The smallest absolute Gasteiger partial charge is 0.242 e. The quantitative estimate of drug-likeness (QED) is 0.468. The third kappa shape index (κ3) is 8.57. The second-order valence-corrected chi connectivity index (χ2v) is 10.5. The van der Waals surface area contributed by atoms with Crippen LogP contribution in [0.15, 0.2) is 42.5 Å². The van der Waals surface area contributed by atoms with Gasteiger partial charge >= 0.3 is 0 Å². The minimum atomic E-state index is -0.641. The van der Waals surface area contributed by atoms with Gasteiger partial charge in [-0.15, -0.1) is 11.8 Å². The second kappa shape index (κ2) is 11.5. The van der Waals surface area contributed by atoms with E-state index in [1.165, 1.54) is 11.8 Å². The van der Waals surface area contributed by atoms with E-state index >= 15 is 0 Å². The maximum absolute atomic E-state index is 13.1. The molecule has 2 amide bonds. The van der Waals surface area contributed by atoms with Gasteiger partial charge in [-0.25, -0.2) is 0 Å². The fourth-order valence-corrected chi connectivity index (χ4v) is 4.13. The molecule has 0 saturated carbocycles. The molecule has 4 nitrogen and oxygen atoms in total.